The summed E-state index contributed by atoms with van der Waals surface area (Å²) in [5.74, 6) is -3.77. The van der Waals surface area contributed by atoms with Crippen LogP contribution in [0.25, 0.3) is 0 Å². The molecule has 1 aliphatic heterocycles. The van der Waals surface area contributed by atoms with Crippen molar-refractivity contribution in [3.63, 3.8) is 0 Å². The van der Waals surface area contributed by atoms with Crippen molar-refractivity contribution in [1.82, 2.24) is 30.2 Å². The van der Waals surface area contributed by atoms with E-state index in [1.165, 1.54) is 31.4 Å². The average molecular weight is 1130 g/mol. The molecule has 0 bridgehead atoms. The molecule has 23 heteroatoms. The van der Waals surface area contributed by atoms with Crippen molar-refractivity contribution in [2.75, 3.05) is 111 Å². The van der Waals surface area contributed by atoms with Crippen LogP contribution in [-0.4, -0.2) is 184 Å². The number of nitrogens with one attached hydrogen (secondary N) is 2. The first-order valence-electron chi connectivity index (χ1n) is 27.8. The number of nitrogens with two attached hydrogens (primary N) is 5. The largest absolute Gasteiger partial charge is 0.454 e. The van der Waals surface area contributed by atoms with E-state index in [4.69, 9.17) is 42.9 Å². The second kappa shape index (κ2) is 38.8. The topological polar surface area (TPSA) is 331 Å². The summed E-state index contributed by atoms with van der Waals surface area (Å²) >= 11 is 1.53. The quantitative estimate of drug-likeness (QED) is 0.0466. The van der Waals surface area contributed by atoms with Crippen LogP contribution in [-0.2, 0) is 49.6 Å². The van der Waals surface area contributed by atoms with E-state index >= 15 is 4.79 Å². The third-order valence-electron chi connectivity index (χ3n) is 13.8. The number of ether oxygens (including phenoxy) is 3. The number of ketones is 2. The first-order valence-corrected chi connectivity index (χ1v) is 29.2. The Bertz CT molecular complexity index is 2200. The maximum Gasteiger partial charge on any atom is 0.243 e. The van der Waals surface area contributed by atoms with Gasteiger partial charge >= 0.3 is 0 Å². The molecule has 0 radical (unpaired) electrons. The van der Waals surface area contributed by atoms with Crippen LogP contribution in [0.2, 0.25) is 0 Å². The van der Waals surface area contributed by atoms with Crippen molar-refractivity contribution in [2.24, 2.45) is 40.5 Å². The van der Waals surface area contributed by atoms with E-state index in [2.05, 4.69) is 10.6 Å². The zero-order valence-corrected chi connectivity index (χ0v) is 47.8. The zero-order chi connectivity index (χ0) is 58.0. The molecule has 442 valence electrons. The molecule has 6 amide bonds. The molecule has 0 spiro atoms. The van der Waals surface area contributed by atoms with E-state index in [-0.39, 0.29) is 83.4 Å². The molecule has 2 aromatic carbocycles. The first kappa shape index (κ1) is 67.6. The van der Waals surface area contributed by atoms with Gasteiger partial charge in [-0.2, -0.15) is 11.8 Å². The van der Waals surface area contributed by atoms with Crippen molar-refractivity contribution < 1.29 is 52.6 Å². The van der Waals surface area contributed by atoms with Gasteiger partial charge in [-0.3, -0.25) is 38.4 Å². The summed E-state index contributed by atoms with van der Waals surface area (Å²) in [5.41, 5.74) is 30.3. The number of hydrogen-bond donors (Lipinski definition) is 7. The number of methoxy groups -OCH3 is 1. The molecule has 22 nitrogen and oxygen atoms in total. The molecule has 0 saturated carbocycles. The smallest absolute Gasteiger partial charge is 0.243 e. The molecule has 0 fully saturated rings. The van der Waals surface area contributed by atoms with Gasteiger partial charge in [-0.25, -0.2) is 0 Å². The molecule has 12 N–H and O–H groups in total. The van der Waals surface area contributed by atoms with Crippen molar-refractivity contribution in [2.45, 2.75) is 109 Å². The molecule has 0 aromatic heterocycles. The van der Waals surface area contributed by atoms with Crippen molar-refractivity contribution in [1.29, 1.82) is 0 Å². The third kappa shape index (κ3) is 25.1. The lowest BCUT2D eigenvalue weighted by Gasteiger charge is -2.34. The molecular weight excluding hydrogens is 1030 g/mol. The molecular formula is C56H91N11O11S. The summed E-state index contributed by atoms with van der Waals surface area (Å²) in [6, 6.07) is 12.7. The minimum atomic E-state index is -0.939. The highest BCUT2D eigenvalue weighted by Crippen LogP contribution is 2.33. The number of nitrogens with zero attached hydrogens (tertiary/aromatic N) is 4. The SMILES string of the molecule is COCCNCC(=O)N(CCCCN)CC(=O)N(CC(=O)N(CC(=O)N(CCCCN)CC(=O)CC(CCCCN)C(=O)N[C@H](CCCCN)C(=O)CC(CCSC)C(N)=O)C(C)c1ccccc1)Cc1ccc2c(c1)OCO2. The van der Waals surface area contributed by atoms with E-state index in [0.717, 1.165) is 0 Å². The van der Waals surface area contributed by atoms with Gasteiger partial charge in [0.2, 0.25) is 42.2 Å². The predicted molar refractivity (Wildman–Crippen MR) is 305 cm³/mol. The van der Waals surface area contributed by atoms with E-state index in [1.54, 1.807) is 32.2 Å². The number of hydrogen-bond acceptors (Lipinski definition) is 17. The number of fused-ring (bicyclic) bond motifs is 1. The molecule has 2 aromatic rings. The number of thioether (sulfide) groups is 1. The Balaban J connectivity index is 1.98. The van der Waals surface area contributed by atoms with Crippen LogP contribution in [0.1, 0.15) is 108 Å². The molecule has 79 heavy (non-hydrogen) atoms. The number of benzene rings is 2. The highest BCUT2D eigenvalue weighted by Gasteiger charge is 2.33. The van der Waals surface area contributed by atoms with Crippen LogP contribution in [0, 0.1) is 11.8 Å². The number of unbranched alkanes of at least 4 members (excludes halogenated alkanes) is 4. The monoisotopic (exact) mass is 1130 g/mol. The highest BCUT2D eigenvalue weighted by atomic mass is 32.2. The van der Waals surface area contributed by atoms with Crippen molar-refractivity contribution in [3.8, 4) is 11.5 Å². The lowest BCUT2D eigenvalue weighted by atomic mass is 9.91. The lowest BCUT2D eigenvalue weighted by Crippen LogP contribution is -2.51. The van der Waals surface area contributed by atoms with Gasteiger partial charge in [0.1, 0.15) is 13.1 Å². The van der Waals surface area contributed by atoms with Gasteiger partial charge in [0.15, 0.2) is 23.1 Å². The maximum absolute atomic E-state index is 15.0. The summed E-state index contributed by atoms with van der Waals surface area (Å²) < 4.78 is 16.3. The van der Waals surface area contributed by atoms with Crippen molar-refractivity contribution >= 4 is 58.8 Å². The minimum Gasteiger partial charge on any atom is -0.454 e. The summed E-state index contributed by atoms with van der Waals surface area (Å²) in [7, 11) is 1.55. The van der Waals surface area contributed by atoms with Gasteiger partial charge in [0.25, 0.3) is 0 Å². The zero-order valence-electron chi connectivity index (χ0n) is 47.0. The van der Waals surface area contributed by atoms with E-state index in [9.17, 15) is 33.6 Å². The lowest BCUT2D eigenvalue weighted by molar-refractivity contribution is -0.148. The van der Waals surface area contributed by atoms with E-state index in [0.29, 0.717) is 125 Å². The van der Waals surface area contributed by atoms with E-state index in [1.807, 2.05) is 36.6 Å². The molecule has 1 heterocycles. The number of carbonyl (C=O) groups is 8. The van der Waals surface area contributed by atoms with Crippen LogP contribution in [0.5, 0.6) is 11.5 Å². The van der Waals surface area contributed by atoms with Gasteiger partial charge in [-0.15, -0.1) is 0 Å². The summed E-state index contributed by atoms with van der Waals surface area (Å²) in [6.07, 6.45) is 6.84. The van der Waals surface area contributed by atoms with E-state index < -0.39 is 72.3 Å². The maximum atomic E-state index is 15.0. The second-order valence-corrected chi connectivity index (χ2v) is 20.9. The van der Waals surface area contributed by atoms with Gasteiger partial charge in [0.05, 0.1) is 38.3 Å². The average Bonchev–Trinajstić information content (AvgIpc) is 3.95. The Morgan fingerprint density at radius 3 is 1.91 bits per heavy atom. The third-order valence-corrected chi connectivity index (χ3v) is 14.5. The van der Waals surface area contributed by atoms with Crippen LogP contribution >= 0.6 is 11.8 Å². The molecule has 4 atom stereocenters. The first-order chi connectivity index (χ1) is 38.1. The fraction of sp³-hybridized carbons (Fsp3) is 0.643. The van der Waals surface area contributed by atoms with Crippen LogP contribution < -0.4 is 48.8 Å². The van der Waals surface area contributed by atoms with Gasteiger partial charge in [-0.05, 0) is 133 Å². The number of carbonyl (C=O) groups excluding carboxylic acids is 8. The van der Waals surface area contributed by atoms with Crippen LogP contribution in [0.15, 0.2) is 48.5 Å². The molecule has 1 aliphatic rings. The number of amides is 6. The summed E-state index contributed by atoms with van der Waals surface area (Å²) in [6.45, 7) is 2.61. The standard InChI is InChI=1S/C56H91N11O11S/c1-41(43-15-5-4-6-16-43)67(54(73)38-66(35-42-19-20-49-50(31-42)78-40-77-49)52(71)37-65(28-14-12-25-60)51(70)34-62-26-29-76-2)39-53(72)64(27-13-11-24-59)36-46(68)32-45(17-7-9-22-57)56(75)63-47(18-8-10-23-58)48(69)33-44(55(61)74)21-30-79-3/h4-6,15-16,19-20,31,41,44-45,47,62H,7-14,17-18,21-30,32-40,57-60H2,1-3H3,(H2,61,74)(H,63,75)/t41?,44?,45?,47-/m1/s1. The van der Waals surface area contributed by atoms with Gasteiger partial charge in [0, 0.05) is 58.0 Å². The second-order valence-electron chi connectivity index (χ2n) is 20.0. The minimum absolute atomic E-state index is 0.0244. The normalized spacial score (nSPS) is 13.2. The molecule has 0 aliphatic carbocycles. The number of rotatable bonds is 44. The van der Waals surface area contributed by atoms with Crippen molar-refractivity contribution in [3.05, 3.63) is 59.7 Å². The number of Topliss-reactive ketones (excluding diaryl/α,β-unsaturated/α-hetero) is 2. The Morgan fingerprint density at radius 1 is 0.671 bits per heavy atom. The molecule has 0 saturated heterocycles. The fourth-order valence-electron chi connectivity index (χ4n) is 9.07. The Labute approximate surface area is 471 Å². The summed E-state index contributed by atoms with van der Waals surface area (Å²) in [5, 5.41) is 5.95. The van der Waals surface area contributed by atoms with Crippen LogP contribution in [0.3, 0.4) is 0 Å². The van der Waals surface area contributed by atoms with Gasteiger partial charge < -0.3 is 73.1 Å². The Kier molecular flexibility index (Phi) is 33.2. The Morgan fingerprint density at radius 2 is 1.28 bits per heavy atom. The predicted octanol–water partition coefficient (Wildman–Crippen LogP) is 1.84. The fourth-order valence-corrected chi connectivity index (χ4v) is 9.59. The Hall–Kier alpha value is -5.69. The highest BCUT2D eigenvalue weighted by molar-refractivity contribution is 7.98. The number of primary amides is 1. The molecule has 3 rings (SSSR count). The van der Waals surface area contributed by atoms with Crippen LogP contribution in [0.4, 0.5) is 0 Å². The molecule has 3 unspecified atom stereocenters. The van der Waals surface area contributed by atoms with Gasteiger partial charge in [-0.1, -0.05) is 42.8 Å². The summed E-state index contributed by atoms with van der Waals surface area (Å²) in [4.78, 5) is 118.